The predicted octanol–water partition coefficient (Wildman–Crippen LogP) is 5.76. The lowest BCUT2D eigenvalue weighted by molar-refractivity contribution is -0.114. The Hall–Kier alpha value is -3.99. The third kappa shape index (κ3) is 3.23. The number of anilines is 1. The van der Waals surface area contributed by atoms with E-state index in [1.165, 1.54) is 10.4 Å². The van der Waals surface area contributed by atoms with Crippen LogP contribution < -0.4 is 5.01 Å². The van der Waals surface area contributed by atoms with E-state index in [-0.39, 0.29) is 5.91 Å². The molecular weight excluding hydrogens is 396 g/mol. The van der Waals surface area contributed by atoms with E-state index < -0.39 is 0 Å². The van der Waals surface area contributed by atoms with Crippen molar-refractivity contribution >= 4 is 34.2 Å². The van der Waals surface area contributed by atoms with Crippen LogP contribution in [0.2, 0.25) is 0 Å². The largest absolute Gasteiger partial charge is 0.280 e. The number of nitrogens with zero attached hydrogens (tertiary/aromatic N) is 4. The number of rotatable bonds is 3. The van der Waals surface area contributed by atoms with E-state index in [0.717, 1.165) is 39.3 Å². The minimum absolute atomic E-state index is 0.121. The first-order chi connectivity index (χ1) is 15.4. The molecule has 0 spiro atoms. The highest BCUT2D eigenvalue weighted by Gasteiger charge is 2.29. The molecule has 1 aromatic heterocycles. The molecule has 1 amide bonds. The van der Waals surface area contributed by atoms with Crippen molar-refractivity contribution in [1.82, 2.24) is 9.78 Å². The Kier molecular flexibility index (Phi) is 4.74. The summed E-state index contributed by atoms with van der Waals surface area (Å²) < 4.78 is 1.97. The summed E-state index contributed by atoms with van der Waals surface area (Å²) in [6.45, 7) is 7.90. The van der Waals surface area contributed by atoms with Crippen molar-refractivity contribution in [3.05, 3.63) is 94.8 Å². The van der Waals surface area contributed by atoms with Crippen molar-refractivity contribution in [2.24, 2.45) is 5.10 Å². The summed E-state index contributed by atoms with van der Waals surface area (Å²) in [6.07, 6.45) is 1.93. The Morgan fingerprint density at radius 1 is 0.875 bits per heavy atom. The standard InChI is InChI=1S/C27H24N4O/c1-17-9-7-12-22(15-17)31-27(32)25(19(3)29-31)16-24-18(2)28-30(20(24)4)26-14-8-11-21-10-5-6-13-23(21)26/h5-16H,1-4H3/b25-16+. The van der Waals surface area contributed by atoms with Crippen LogP contribution in [-0.4, -0.2) is 21.4 Å². The van der Waals surface area contributed by atoms with E-state index in [1.54, 1.807) is 0 Å². The second kappa shape index (κ2) is 7.61. The Bertz CT molecular complexity index is 1440. The van der Waals surface area contributed by atoms with Gasteiger partial charge in [-0.25, -0.2) is 4.68 Å². The Morgan fingerprint density at radius 3 is 2.44 bits per heavy atom. The number of carbonyl (C=O) groups is 1. The van der Waals surface area contributed by atoms with Gasteiger partial charge in [-0.05, 0) is 62.9 Å². The van der Waals surface area contributed by atoms with Gasteiger partial charge in [0.05, 0.1) is 28.4 Å². The maximum Gasteiger partial charge on any atom is 0.280 e. The normalized spacial score (nSPS) is 15.1. The van der Waals surface area contributed by atoms with Gasteiger partial charge in [0, 0.05) is 16.6 Å². The van der Waals surface area contributed by atoms with Gasteiger partial charge < -0.3 is 0 Å². The first-order valence-electron chi connectivity index (χ1n) is 10.7. The summed E-state index contributed by atoms with van der Waals surface area (Å²) in [5.74, 6) is -0.121. The third-order valence-corrected chi connectivity index (χ3v) is 5.94. The van der Waals surface area contributed by atoms with E-state index >= 15 is 0 Å². The minimum atomic E-state index is -0.121. The van der Waals surface area contributed by atoms with Gasteiger partial charge in [0.15, 0.2) is 0 Å². The molecule has 5 heteroatoms. The molecule has 0 aliphatic carbocycles. The smallest absolute Gasteiger partial charge is 0.267 e. The quantitative estimate of drug-likeness (QED) is 0.396. The summed E-state index contributed by atoms with van der Waals surface area (Å²) in [5, 5.41) is 13.1. The molecule has 0 bridgehead atoms. The molecule has 2 heterocycles. The molecule has 3 aromatic carbocycles. The van der Waals surface area contributed by atoms with Gasteiger partial charge >= 0.3 is 0 Å². The van der Waals surface area contributed by atoms with Crippen molar-refractivity contribution in [3.8, 4) is 5.69 Å². The number of carbonyl (C=O) groups excluding carboxylic acids is 1. The highest BCUT2D eigenvalue weighted by Crippen LogP contribution is 2.29. The van der Waals surface area contributed by atoms with Crippen LogP contribution in [-0.2, 0) is 4.79 Å². The van der Waals surface area contributed by atoms with Gasteiger partial charge in [0.2, 0.25) is 0 Å². The number of hydrogen-bond acceptors (Lipinski definition) is 3. The number of hydrogen-bond donors (Lipinski definition) is 0. The van der Waals surface area contributed by atoms with E-state index in [4.69, 9.17) is 5.10 Å². The molecule has 4 aromatic rings. The summed E-state index contributed by atoms with van der Waals surface area (Å²) >= 11 is 0. The molecule has 5 rings (SSSR count). The highest BCUT2D eigenvalue weighted by molar-refractivity contribution is 6.32. The Balaban J connectivity index is 1.58. The molecule has 0 fully saturated rings. The third-order valence-electron chi connectivity index (χ3n) is 5.94. The molecule has 1 aliphatic heterocycles. The molecule has 1 aliphatic rings. The van der Waals surface area contributed by atoms with Crippen LogP contribution in [0.5, 0.6) is 0 Å². The first-order valence-corrected chi connectivity index (χ1v) is 10.7. The van der Waals surface area contributed by atoms with E-state index in [0.29, 0.717) is 11.3 Å². The molecule has 0 saturated carbocycles. The molecule has 0 atom stereocenters. The number of benzene rings is 3. The van der Waals surface area contributed by atoms with Crippen molar-refractivity contribution in [1.29, 1.82) is 0 Å². The minimum Gasteiger partial charge on any atom is -0.267 e. The first kappa shape index (κ1) is 19.9. The van der Waals surface area contributed by atoms with Crippen LogP contribution in [0.25, 0.3) is 22.5 Å². The summed E-state index contributed by atoms with van der Waals surface area (Å²) in [5.41, 5.74) is 6.99. The topological polar surface area (TPSA) is 50.5 Å². The summed E-state index contributed by atoms with van der Waals surface area (Å²) in [6, 6.07) is 22.3. The molecular formula is C27H24N4O. The molecule has 158 valence electrons. The van der Waals surface area contributed by atoms with Crippen molar-refractivity contribution in [3.63, 3.8) is 0 Å². The van der Waals surface area contributed by atoms with Gasteiger partial charge in [-0.15, -0.1) is 0 Å². The van der Waals surface area contributed by atoms with Gasteiger partial charge in [-0.2, -0.15) is 15.2 Å². The average Bonchev–Trinajstić information content (AvgIpc) is 3.23. The molecule has 0 radical (unpaired) electrons. The zero-order chi connectivity index (χ0) is 22.4. The molecule has 0 saturated heterocycles. The zero-order valence-corrected chi connectivity index (χ0v) is 18.6. The van der Waals surface area contributed by atoms with Crippen LogP contribution in [0, 0.1) is 20.8 Å². The number of fused-ring (bicyclic) bond motifs is 1. The van der Waals surface area contributed by atoms with Crippen molar-refractivity contribution in [2.45, 2.75) is 27.7 Å². The zero-order valence-electron chi connectivity index (χ0n) is 18.6. The molecule has 0 unspecified atom stereocenters. The highest BCUT2D eigenvalue weighted by atomic mass is 16.2. The van der Waals surface area contributed by atoms with Crippen molar-refractivity contribution in [2.75, 3.05) is 5.01 Å². The van der Waals surface area contributed by atoms with Gasteiger partial charge in [0.25, 0.3) is 5.91 Å². The Labute approximate surface area is 187 Å². The fraction of sp³-hybridized carbons (Fsp3) is 0.148. The van der Waals surface area contributed by atoms with Gasteiger partial charge in [-0.1, -0.05) is 48.5 Å². The lowest BCUT2D eigenvalue weighted by Gasteiger charge is -2.12. The monoisotopic (exact) mass is 420 g/mol. The second-order valence-electron chi connectivity index (χ2n) is 8.19. The van der Waals surface area contributed by atoms with Crippen LogP contribution in [0.1, 0.15) is 29.4 Å². The predicted molar refractivity (Wildman–Crippen MR) is 130 cm³/mol. The Morgan fingerprint density at radius 2 is 1.62 bits per heavy atom. The van der Waals surface area contributed by atoms with Crippen LogP contribution in [0.3, 0.4) is 0 Å². The summed E-state index contributed by atoms with van der Waals surface area (Å²) in [7, 11) is 0. The maximum absolute atomic E-state index is 13.2. The SMILES string of the molecule is CC1=NN(c2cccc(C)c2)C(=O)/C1=C/c1c(C)nn(-c2cccc3ccccc23)c1C. The fourth-order valence-corrected chi connectivity index (χ4v) is 4.25. The number of amides is 1. The second-order valence-corrected chi connectivity index (χ2v) is 8.19. The molecule has 32 heavy (non-hydrogen) atoms. The summed E-state index contributed by atoms with van der Waals surface area (Å²) in [4.78, 5) is 13.2. The fourth-order valence-electron chi connectivity index (χ4n) is 4.25. The van der Waals surface area contributed by atoms with Gasteiger partial charge in [0.1, 0.15) is 0 Å². The van der Waals surface area contributed by atoms with E-state index in [2.05, 4.69) is 29.4 Å². The number of aryl methyl sites for hydroxylation is 2. The van der Waals surface area contributed by atoms with Crippen LogP contribution >= 0.6 is 0 Å². The molecule has 5 nitrogen and oxygen atoms in total. The maximum atomic E-state index is 13.2. The lowest BCUT2D eigenvalue weighted by atomic mass is 10.1. The number of aromatic nitrogens is 2. The average molecular weight is 421 g/mol. The van der Waals surface area contributed by atoms with Crippen LogP contribution in [0.4, 0.5) is 5.69 Å². The van der Waals surface area contributed by atoms with Crippen molar-refractivity contribution < 1.29 is 4.79 Å². The van der Waals surface area contributed by atoms with Gasteiger partial charge in [-0.3, -0.25) is 4.79 Å². The lowest BCUT2D eigenvalue weighted by Crippen LogP contribution is -2.21. The van der Waals surface area contributed by atoms with E-state index in [9.17, 15) is 4.79 Å². The van der Waals surface area contributed by atoms with E-state index in [1.807, 2.05) is 80.9 Å². The molecule has 0 N–H and O–H groups in total. The number of hydrazone groups is 1. The van der Waals surface area contributed by atoms with Crippen LogP contribution in [0.15, 0.2) is 77.4 Å².